The van der Waals surface area contributed by atoms with Crippen LogP contribution in [0.4, 0.5) is 0 Å². The van der Waals surface area contributed by atoms with Gasteiger partial charge in [-0.2, -0.15) is 0 Å². The Hall–Kier alpha value is -4.10. The minimum Gasteiger partial charge on any atom is -0.479 e. The molecule has 12 nitrogen and oxygen atoms in total. The molecule has 81 heavy (non-hydrogen) atoms. The minimum absolute atomic E-state index is 0.0568. The summed E-state index contributed by atoms with van der Waals surface area (Å²) in [6.45, 7) is 5.77. The maximum Gasteiger partial charge on any atom is 0.335 e. The van der Waals surface area contributed by atoms with Gasteiger partial charge in [-0.25, -0.2) is 4.79 Å². The highest BCUT2D eigenvalue weighted by Crippen LogP contribution is 2.27. The van der Waals surface area contributed by atoms with Crippen molar-refractivity contribution >= 4 is 23.9 Å². The van der Waals surface area contributed by atoms with E-state index in [0.717, 1.165) is 128 Å². The van der Waals surface area contributed by atoms with Crippen molar-refractivity contribution in [1.82, 2.24) is 0 Å². The zero-order valence-electron chi connectivity index (χ0n) is 51.3. The van der Waals surface area contributed by atoms with Crippen LogP contribution in [0.1, 0.15) is 278 Å². The molecular formula is C69H116O12. The fourth-order valence-electron chi connectivity index (χ4n) is 9.55. The second kappa shape index (κ2) is 56.4. The van der Waals surface area contributed by atoms with Crippen molar-refractivity contribution in [3.05, 3.63) is 85.1 Å². The third-order valence-electron chi connectivity index (χ3n) is 14.5. The van der Waals surface area contributed by atoms with E-state index in [4.69, 9.17) is 23.7 Å². The van der Waals surface area contributed by atoms with Crippen molar-refractivity contribution in [2.75, 3.05) is 13.2 Å². The Bertz CT molecular complexity index is 1730. The Morgan fingerprint density at radius 2 is 0.778 bits per heavy atom. The molecule has 1 aliphatic heterocycles. The van der Waals surface area contributed by atoms with Crippen LogP contribution < -0.4 is 0 Å². The molecule has 1 saturated heterocycles. The van der Waals surface area contributed by atoms with Crippen molar-refractivity contribution in [3.8, 4) is 0 Å². The molecule has 0 aromatic rings. The second-order valence-electron chi connectivity index (χ2n) is 22.0. The number of hydrogen-bond acceptors (Lipinski definition) is 11. The number of ether oxygens (including phenoxy) is 5. The predicted molar refractivity (Wildman–Crippen MR) is 331 cm³/mol. The van der Waals surface area contributed by atoms with E-state index in [9.17, 15) is 34.5 Å². The number of unbranched alkanes of at least 4 members (excludes halogenated alkanes) is 27. The average molecular weight is 1140 g/mol. The normalized spacial score (nSPS) is 18.3. The zero-order chi connectivity index (χ0) is 58.9. The molecule has 1 fully saturated rings. The number of allylic oxidation sites excluding steroid dienone is 14. The number of aliphatic hydroxyl groups excluding tert-OH is 2. The highest BCUT2D eigenvalue weighted by molar-refractivity contribution is 5.74. The van der Waals surface area contributed by atoms with Crippen molar-refractivity contribution < 1.29 is 58.2 Å². The van der Waals surface area contributed by atoms with Gasteiger partial charge in [0, 0.05) is 19.3 Å². The molecule has 0 saturated carbocycles. The summed E-state index contributed by atoms with van der Waals surface area (Å²) in [5.74, 6) is -3.16. The van der Waals surface area contributed by atoms with Gasteiger partial charge in [-0.05, 0) is 89.9 Å². The summed E-state index contributed by atoms with van der Waals surface area (Å²) in [6, 6.07) is 0. The van der Waals surface area contributed by atoms with E-state index < -0.39 is 67.3 Å². The smallest absolute Gasteiger partial charge is 0.335 e. The zero-order valence-corrected chi connectivity index (χ0v) is 51.3. The van der Waals surface area contributed by atoms with Gasteiger partial charge in [0.2, 0.25) is 0 Å². The van der Waals surface area contributed by atoms with Gasteiger partial charge >= 0.3 is 23.9 Å². The summed E-state index contributed by atoms with van der Waals surface area (Å²) in [7, 11) is 0. The molecule has 1 heterocycles. The SMILES string of the molecule is CC/C=C\C/C=C\C/C=C\C/C=C\CCCCCCC(=O)OCC(COC1OC(C(=O)O)C(O)C(O)C1OC(=O)CCCCCCCCCCCCCCCCCCCCC)OC(=O)CCCCCCC/C=C\C/C=C\C/C=C\CC. The van der Waals surface area contributed by atoms with E-state index in [1.807, 2.05) is 0 Å². The standard InChI is InChI=1S/C69H116O12/c1-4-7-10-13-16-19-22-25-28-30-31-33-36-39-42-45-48-51-54-57-63(72)80-67-65(74)64(73)66(68(75)76)81-69(67)78-59-60(79-62(71)56-53-50-47-44-41-38-34-27-24-21-18-15-12-9-6-3)58-77-61(70)55-52-49-46-43-40-37-35-32-29-26-23-20-17-14-11-8-5-2/h8-9,11-12,17-18,20-21,26-27,29,34-35,37,60,64-67,69,73-74H,4-7,10,13-16,19,22-25,28,30-33,36,38-59H2,1-3H3,(H,75,76)/b11-8-,12-9-,20-17-,21-18-,29-26-,34-27-,37-35-. The maximum atomic E-state index is 13.2. The number of esters is 3. The molecule has 6 atom stereocenters. The van der Waals surface area contributed by atoms with E-state index in [-0.39, 0.29) is 25.9 Å². The van der Waals surface area contributed by atoms with Crippen LogP contribution >= 0.6 is 0 Å². The topological polar surface area (TPSA) is 175 Å². The Kier molecular flexibility index (Phi) is 52.1. The van der Waals surface area contributed by atoms with Gasteiger partial charge in [0.05, 0.1) is 6.61 Å². The lowest BCUT2D eigenvalue weighted by Gasteiger charge is -2.40. The van der Waals surface area contributed by atoms with Crippen LogP contribution in [0.25, 0.3) is 0 Å². The Morgan fingerprint density at radius 3 is 1.19 bits per heavy atom. The summed E-state index contributed by atoms with van der Waals surface area (Å²) in [6.07, 6.45) is 61.1. The van der Waals surface area contributed by atoms with Crippen molar-refractivity contribution in [3.63, 3.8) is 0 Å². The van der Waals surface area contributed by atoms with E-state index in [0.29, 0.717) is 19.3 Å². The molecule has 1 aliphatic rings. The van der Waals surface area contributed by atoms with Gasteiger partial charge in [0.25, 0.3) is 0 Å². The van der Waals surface area contributed by atoms with Crippen LogP contribution in [0, 0.1) is 0 Å². The first kappa shape index (κ1) is 74.9. The molecule has 0 radical (unpaired) electrons. The highest BCUT2D eigenvalue weighted by atomic mass is 16.7. The van der Waals surface area contributed by atoms with Gasteiger partial charge in [0.1, 0.15) is 18.8 Å². The molecule has 3 N–H and O–H groups in total. The lowest BCUT2D eigenvalue weighted by Crippen LogP contribution is -2.61. The first-order valence-electron chi connectivity index (χ1n) is 32.6. The number of carbonyl (C=O) groups is 4. The summed E-state index contributed by atoms with van der Waals surface area (Å²) >= 11 is 0. The lowest BCUT2D eigenvalue weighted by molar-refractivity contribution is -0.301. The van der Waals surface area contributed by atoms with Crippen LogP contribution in [0.15, 0.2) is 85.1 Å². The molecule has 0 aliphatic carbocycles. The van der Waals surface area contributed by atoms with Gasteiger partial charge in [-0.1, -0.05) is 254 Å². The number of aliphatic hydroxyl groups is 2. The highest BCUT2D eigenvalue weighted by Gasteiger charge is 2.50. The summed E-state index contributed by atoms with van der Waals surface area (Å²) in [4.78, 5) is 51.3. The lowest BCUT2D eigenvalue weighted by atomic mass is 9.98. The fraction of sp³-hybridized carbons (Fsp3) is 0.739. The molecule has 0 spiro atoms. The molecule has 12 heteroatoms. The Morgan fingerprint density at radius 1 is 0.420 bits per heavy atom. The molecule has 0 aromatic carbocycles. The monoisotopic (exact) mass is 1140 g/mol. The van der Waals surface area contributed by atoms with Crippen molar-refractivity contribution in [1.29, 1.82) is 0 Å². The average Bonchev–Trinajstić information content (AvgIpc) is 3.53. The number of carbonyl (C=O) groups excluding carboxylic acids is 3. The molecular weight excluding hydrogens is 1020 g/mol. The summed E-state index contributed by atoms with van der Waals surface area (Å²) < 4.78 is 28.5. The van der Waals surface area contributed by atoms with Crippen molar-refractivity contribution in [2.24, 2.45) is 0 Å². The van der Waals surface area contributed by atoms with Gasteiger partial charge in [0.15, 0.2) is 24.6 Å². The van der Waals surface area contributed by atoms with Crippen LogP contribution in [0.3, 0.4) is 0 Å². The van der Waals surface area contributed by atoms with Gasteiger partial charge in [-0.15, -0.1) is 0 Å². The Balaban J connectivity index is 2.67. The Labute approximate surface area is 492 Å². The van der Waals surface area contributed by atoms with Crippen LogP contribution in [0.5, 0.6) is 0 Å². The molecule has 464 valence electrons. The number of rotatable bonds is 55. The summed E-state index contributed by atoms with van der Waals surface area (Å²) in [5.41, 5.74) is 0. The first-order valence-corrected chi connectivity index (χ1v) is 32.6. The third kappa shape index (κ3) is 46.0. The molecule has 0 bridgehead atoms. The van der Waals surface area contributed by atoms with E-state index in [1.165, 1.54) is 89.9 Å². The predicted octanol–water partition coefficient (Wildman–Crippen LogP) is 17.5. The molecule has 0 amide bonds. The van der Waals surface area contributed by atoms with Crippen LogP contribution in [0.2, 0.25) is 0 Å². The molecule has 0 aromatic heterocycles. The van der Waals surface area contributed by atoms with Gasteiger partial charge in [-0.3, -0.25) is 14.4 Å². The van der Waals surface area contributed by atoms with E-state index in [1.54, 1.807) is 0 Å². The van der Waals surface area contributed by atoms with Crippen LogP contribution in [-0.4, -0.2) is 89.2 Å². The van der Waals surface area contributed by atoms with Gasteiger partial charge < -0.3 is 39.0 Å². The van der Waals surface area contributed by atoms with E-state index in [2.05, 4.69) is 106 Å². The van der Waals surface area contributed by atoms with Crippen LogP contribution in [-0.2, 0) is 42.9 Å². The first-order chi connectivity index (χ1) is 39.6. The number of carboxylic acid groups (broad SMARTS) is 1. The number of carboxylic acids is 1. The van der Waals surface area contributed by atoms with E-state index >= 15 is 0 Å². The number of hydrogen-bond donors (Lipinski definition) is 3. The minimum atomic E-state index is -1.91. The largest absolute Gasteiger partial charge is 0.479 e. The fourth-order valence-corrected chi connectivity index (χ4v) is 9.55. The molecule has 1 rings (SSSR count). The van der Waals surface area contributed by atoms with Crippen molar-refractivity contribution in [2.45, 2.75) is 314 Å². The third-order valence-corrected chi connectivity index (χ3v) is 14.5. The maximum absolute atomic E-state index is 13.2. The quantitative estimate of drug-likeness (QED) is 0.0228. The molecule has 6 unspecified atom stereocenters. The number of aliphatic carboxylic acids is 1. The summed E-state index contributed by atoms with van der Waals surface area (Å²) in [5, 5.41) is 31.6. The second-order valence-corrected chi connectivity index (χ2v) is 22.0.